The van der Waals surface area contributed by atoms with Gasteiger partial charge in [0.2, 0.25) is 5.91 Å². The van der Waals surface area contributed by atoms with Crippen molar-refractivity contribution in [2.45, 2.75) is 19.8 Å². The molecular weight excluding hydrogens is 415 g/mol. The van der Waals surface area contributed by atoms with Crippen LogP contribution in [0.2, 0.25) is 10.0 Å². The van der Waals surface area contributed by atoms with Crippen LogP contribution in [0.3, 0.4) is 0 Å². The van der Waals surface area contributed by atoms with E-state index in [1.807, 2.05) is 31.2 Å². The molecular formula is C21H24Cl2N2O4. The maximum atomic E-state index is 12.4. The highest BCUT2D eigenvalue weighted by Gasteiger charge is 2.19. The zero-order valence-corrected chi connectivity index (χ0v) is 17.9. The molecule has 2 amide bonds. The molecule has 29 heavy (non-hydrogen) atoms. The van der Waals surface area contributed by atoms with Crippen molar-refractivity contribution in [1.82, 2.24) is 10.6 Å². The maximum absolute atomic E-state index is 12.4. The zero-order chi connectivity index (χ0) is 21.2. The quantitative estimate of drug-likeness (QED) is 0.549. The molecule has 0 saturated heterocycles. The highest BCUT2D eigenvalue weighted by molar-refractivity contribution is 6.37. The lowest BCUT2D eigenvalue weighted by atomic mass is 10.2. The summed E-state index contributed by atoms with van der Waals surface area (Å²) in [5, 5.41) is 5.98. The molecule has 0 heterocycles. The molecule has 0 atom stereocenters. The lowest BCUT2D eigenvalue weighted by Crippen LogP contribution is -2.35. The van der Waals surface area contributed by atoms with Gasteiger partial charge in [0.1, 0.15) is 11.3 Å². The van der Waals surface area contributed by atoms with Crippen molar-refractivity contribution in [3.8, 4) is 11.5 Å². The number of ether oxygens (including phenoxy) is 2. The molecule has 156 valence electrons. The Hall–Kier alpha value is -2.44. The van der Waals surface area contributed by atoms with E-state index in [0.717, 1.165) is 11.3 Å². The third-order valence-corrected chi connectivity index (χ3v) is 4.73. The predicted molar refractivity (Wildman–Crippen MR) is 114 cm³/mol. The minimum absolute atomic E-state index is 0.106. The summed E-state index contributed by atoms with van der Waals surface area (Å²) in [5.74, 6) is 0.515. The average molecular weight is 439 g/mol. The first-order chi connectivity index (χ1) is 13.9. The van der Waals surface area contributed by atoms with Gasteiger partial charge in [-0.15, -0.1) is 0 Å². The van der Waals surface area contributed by atoms with Crippen LogP contribution >= 0.6 is 23.2 Å². The number of aryl methyl sites for hydroxylation is 1. The summed E-state index contributed by atoms with van der Waals surface area (Å²) in [4.78, 5) is 24.2. The molecule has 0 aliphatic carbocycles. The first-order valence-corrected chi connectivity index (χ1v) is 9.95. The summed E-state index contributed by atoms with van der Waals surface area (Å²) < 4.78 is 10.8. The van der Waals surface area contributed by atoms with Crippen LogP contribution in [0, 0.1) is 6.92 Å². The van der Waals surface area contributed by atoms with Gasteiger partial charge in [0.05, 0.1) is 23.8 Å². The number of carbonyl (C=O) groups is 2. The third-order valence-electron chi connectivity index (χ3n) is 4.12. The largest absolute Gasteiger partial charge is 0.494 e. The molecule has 0 aromatic heterocycles. The molecule has 0 spiro atoms. The summed E-state index contributed by atoms with van der Waals surface area (Å²) in [6.45, 7) is 2.98. The number of hydrogen-bond donors (Lipinski definition) is 2. The van der Waals surface area contributed by atoms with Gasteiger partial charge in [0.25, 0.3) is 5.91 Å². The Morgan fingerprint density at radius 2 is 1.69 bits per heavy atom. The van der Waals surface area contributed by atoms with Crippen LogP contribution in [0.5, 0.6) is 11.5 Å². The van der Waals surface area contributed by atoms with Gasteiger partial charge in [-0.3, -0.25) is 9.59 Å². The van der Waals surface area contributed by atoms with Crippen molar-refractivity contribution in [2.24, 2.45) is 0 Å². The van der Waals surface area contributed by atoms with E-state index < -0.39 is 5.91 Å². The van der Waals surface area contributed by atoms with Gasteiger partial charge in [-0.05, 0) is 37.1 Å². The molecule has 6 nitrogen and oxygen atoms in total. The SMILES string of the molecule is COc1c(Cl)ccc(Cl)c1C(=O)NCCNC(=O)CCCOc1ccccc1C. The summed E-state index contributed by atoms with van der Waals surface area (Å²) in [6, 6.07) is 10.8. The van der Waals surface area contributed by atoms with Crippen LogP contribution in [-0.4, -0.2) is 38.6 Å². The van der Waals surface area contributed by atoms with Crippen LogP contribution in [0.1, 0.15) is 28.8 Å². The molecule has 2 rings (SSSR count). The highest BCUT2D eigenvalue weighted by Crippen LogP contribution is 2.33. The number of carbonyl (C=O) groups excluding carboxylic acids is 2. The number of benzene rings is 2. The highest BCUT2D eigenvalue weighted by atomic mass is 35.5. The topological polar surface area (TPSA) is 76.7 Å². The van der Waals surface area contributed by atoms with E-state index in [2.05, 4.69) is 10.6 Å². The molecule has 2 aromatic rings. The van der Waals surface area contributed by atoms with Crippen molar-refractivity contribution in [3.05, 3.63) is 57.6 Å². The Balaban J connectivity index is 1.67. The molecule has 0 aliphatic rings. The number of amides is 2. The Morgan fingerprint density at radius 3 is 2.41 bits per heavy atom. The summed E-state index contributed by atoms with van der Waals surface area (Å²) in [6.07, 6.45) is 0.940. The van der Waals surface area contributed by atoms with Crippen LogP contribution in [0.4, 0.5) is 0 Å². The van der Waals surface area contributed by atoms with E-state index in [1.165, 1.54) is 13.2 Å². The van der Waals surface area contributed by atoms with Crippen molar-refractivity contribution in [3.63, 3.8) is 0 Å². The molecule has 2 aromatic carbocycles. The lowest BCUT2D eigenvalue weighted by molar-refractivity contribution is -0.121. The van der Waals surface area contributed by atoms with Gasteiger partial charge in [-0.2, -0.15) is 0 Å². The fourth-order valence-electron chi connectivity index (χ4n) is 2.63. The first kappa shape index (κ1) is 22.8. The molecule has 2 N–H and O–H groups in total. The average Bonchev–Trinajstić information content (AvgIpc) is 2.71. The van der Waals surface area contributed by atoms with Gasteiger partial charge in [0, 0.05) is 19.5 Å². The van der Waals surface area contributed by atoms with E-state index >= 15 is 0 Å². The fraction of sp³-hybridized carbons (Fsp3) is 0.333. The second kappa shape index (κ2) is 11.5. The maximum Gasteiger partial charge on any atom is 0.256 e. The fourth-order valence-corrected chi connectivity index (χ4v) is 3.10. The number of methoxy groups -OCH3 is 1. The molecule has 0 aliphatic heterocycles. The van der Waals surface area contributed by atoms with E-state index in [1.54, 1.807) is 6.07 Å². The van der Waals surface area contributed by atoms with E-state index in [0.29, 0.717) is 31.0 Å². The summed E-state index contributed by atoms with van der Waals surface area (Å²) >= 11 is 12.1. The summed E-state index contributed by atoms with van der Waals surface area (Å²) in [5.41, 5.74) is 1.23. The molecule has 0 unspecified atom stereocenters. The predicted octanol–water partition coefficient (Wildman–Crippen LogP) is 4.02. The molecule has 0 saturated carbocycles. The smallest absolute Gasteiger partial charge is 0.256 e. The Morgan fingerprint density at radius 1 is 1.00 bits per heavy atom. The Labute approximate surface area is 180 Å². The lowest BCUT2D eigenvalue weighted by Gasteiger charge is -2.12. The van der Waals surface area contributed by atoms with E-state index in [4.69, 9.17) is 32.7 Å². The van der Waals surface area contributed by atoms with E-state index in [-0.39, 0.29) is 28.8 Å². The third kappa shape index (κ3) is 6.84. The van der Waals surface area contributed by atoms with Gasteiger partial charge in [-0.1, -0.05) is 41.4 Å². The second-order valence-electron chi connectivity index (χ2n) is 6.26. The zero-order valence-electron chi connectivity index (χ0n) is 16.4. The number of halogens is 2. The molecule has 0 bridgehead atoms. The van der Waals surface area contributed by atoms with Gasteiger partial charge in [-0.25, -0.2) is 0 Å². The number of nitrogens with one attached hydrogen (secondary N) is 2. The van der Waals surface area contributed by atoms with E-state index in [9.17, 15) is 9.59 Å². The first-order valence-electron chi connectivity index (χ1n) is 9.19. The van der Waals surface area contributed by atoms with Crippen LogP contribution in [-0.2, 0) is 4.79 Å². The second-order valence-corrected chi connectivity index (χ2v) is 7.08. The molecule has 8 heteroatoms. The monoisotopic (exact) mass is 438 g/mol. The summed E-state index contributed by atoms with van der Waals surface area (Å²) in [7, 11) is 1.41. The number of rotatable bonds is 10. The van der Waals surface area contributed by atoms with Crippen molar-refractivity contribution in [2.75, 3.05) is 26.8 Å². The number of hydrogen-bond acceptors (Lipinski definition) is 4. The van der Waals surface area contributed by atoms with Gasteiger partial charge < -0.3 is 20.1 Å². The Bertz CT molecular complexity index is 859. The van der Waals surface area contributed by atoms with Crippen molar-refractivity contribution < 1.29 is 19.1 Å². The molecule has 0 radical (unpaired) electrons. The normalized spacial score (nSPS) is 10.3. The standard InChI is InChI=1S/C21H24Cl2N2O4/c1-14-6-3-4-7-17(14)29-13-5-8-18(26)24-11-12-25-21(27)19-15(22)9-10-16(23)20(19)28-2/h3-4,6-7,9-10H,5,8,11-13H2,1-2H3,(H,24,26)(H,25,27). The van der Waals surface area contributed by atoms with Crippen LogP contribution in [0.15, 0.2) is 36.4 Å². The number of para-hydroxylation sites is 1. The minimum Gasteiger partial charge on any atom is -0.494 e. The minimum atomic E-state index is -0.421. The molecule has 0 fully saturated rings. The van der Waals surface area contributed by atoms with Crippen LogP contribution in [0.25, 0.3) is 0 Å². The van der Waals surface area contributed by atoms with Gasteiger partial charge >= 0.3 is 0 Å². The van der Waals surface area contributed by atoms with Gasteiger partial charge in [0.15, 0.2) is 5.75 Å². The van der Waals surface area contributed by atoms with Crippen molar-refractivity contribution in [1.29, 1.82) is 0 Å². The van der Waals surface area contributed by atoms with Crippen molar-refractivity contribution >= 4 is 35.0 Å². The Kier molecular flexibility index (Phi) is 9.09. The van der Waals surface area contributed by atoms with Crippen LogP contribution < -0.4 is 20.1 Å².